The molecule has 0 aliphatic carbocycles. The molecule has 2 nitrogen and oxygen atoms in total. The van der Waals surface area contributed by atoms with E-state index in [4.69, 9.17) is 4.74 Å². The van der Waals surface area contributed by atoms with Gasteiger partial charge in [0.1, 0.15) is 0 Å². The molecule has 0 aromatic heterocycles. The van der Waals surface area contributed by atoms with Gasteiger partial charge in [0.2, 0.25) is 0 Å². The number of aliphatic hydroxyl groups is 1. The molecule has 1 rings (SSSR count). The summed E-state index contributed by atoms with van der Waals surface area (Å²) in [5, 5.41) is 9.44. The molecule has 1 atom stereocenters. The lowest BCUT2D eigenvalue weighted by Crippen LogP contribution is -2.06. The molecule has 0 unspecified atom stereocenters. The van der Waals surface area contributed by atoms with Crippen molar-refractivity contribution < 1.29 is 9.84 Å². The van der Waals surface area contributed by atoms with E-state index < -0.39 is 0 Å². The molecule has 16 heavy (non-hydrogen) atoms. The van der Waals surface area contributed by atoms with Crippen LogP contribution in [-0.4, -0.2) is 17.8 Å². The van der Waals surface area contributed by atoms with E-state index in [0.29, 0.717) is 19.6 Å². The van der Waals surface area contributed by atoms with Crippen LogP contribution in [0.25, 0.3) is 0 Å². The van der Waals surface area contributed by atoms with E-state index in [1.165, 1.54) is 5.56 Å². The van der Waals surface area contributed by atoms with Gasteiger partial charge in [-0.2, -0.15) is 0 Å². The fourth-order valence-corrected chi connectivity index (χ4v) is 1.50. The van der Waals surface area contributed by atoms with Crippen molar-refractivity contribution >= 4 is 0 Å². The maximum atomic E-state index is 9.44. The predicted octanol–water partition coefficient (Wildman–Crippen LogP) is 2.92. The molecule has 0 fully saturated rings. The number of rotatable bonds is 8. The molecule has 1 N–H and O–H groups in total. The maximum absolute atomic E-state index is 9.44. The summed E-state index contributed by atoms with van der Waals surface area (Å²) in [7, 11) is 0. The summed E-state index contributed by atoms with van der Waals surface area (Å²) in [6.45, 7) is 4.94. The highest BCUT2D eigenvalue weighted by atomic mass is 16.5. The van der Waals surface area contributed by atoms with Crippen LogP contribution < -0.4 is 0 Å². The van der Waals surface area contributed by atoms with Crippen LogP contribution in [0.3, 0.4) is 0 Å². The van der Waals surface area contributed by atoms with Crippen molar-refractivity contribution in [2.45, 2.75) is 32.0 Å². The highest BCUT2D eigenvalue weighted by Crippen LogP contribution is 2.04. The number of hydrogen-bond acceptors (Lipinski definition) is 2. The Labute approximate surface area is 97.6 Å². The van der Waals surface area contributed by atoms with Crippen molar-refractivity contribution in [1.82, 2.24) is 0 Å². The van der Waals surface area contributed by atoms with Crippen molar-refractivity contribution in [3.05, 3.63) is 48.6 Å². The number of benzene rings is 1. The smallest absolute Gasteiger partial charge is 0.0716 e. The van der Waals surface area contributed by atoms with E-state index in [9.17, 15) is 5.11 Å². The topological polar surface area (TPSA) is 29.5 Å². The highest BCUT2D eigenvalue weighted by molar-refractivity contribution is 5.13. The van der Waals surface area contributed by atoms with Crippen LogP contribution in [0.15, 0.2) is 43.0 Å². The number of aliphatic hydroxyl groups excluding tert-OH is 1. The molecule has 88 valence electrons. The minimum absolute atomic E-state index is 0.266. The quantitative estimate of drug-likeness (QED) is 0.539. The van der Waals surface area contributed by atoms with Crippen LogP contribution in [0.5, 0.6) is 0 Å². The first-order valence-electron chi connectivity index (χ1n) is 5.73. The number of hydrogen-bond donors (Lipinski definition) is 1. The van der Waals surface area contributed by atoms with E-state index in [1.807, 2.05) is 30.3 Å². The van der Waals surface area contributed by atoms with Crippen molar-refractivity contribution in [1.29, 1.82) is 0 Å². The second-order valence-electron chi connectivity index (χ2n) is 3.86. The summed E-state index contributed by atoms with van der Waals surface area (Å²) in [5.74, 6) is 0. The van der Waals surface area contributed by atoms with Crippen molar-refractivity contribution in [3.8, 4) is 0 Å². The van der Waals surface area contributed by atoms with E-state index in [1.54, 1.807) is 6.08 Å². The first kappa shape index (κ1) is 12.9. The highest BCUT2D eigenvalue weighted by Gasteiger charge is 2.00. The van der Waals surface area contributed by atoms with Crippen molar-refractivity contribution in [2.75, 3.05) is 6.61 Å². The maximum Gasteiger partial charge on any atom is 0.0716 e. The lowest BCUT2D eigenvalue weighted by molar-refractivity contribution is 0.0979. The van der Waals surface area contributed by atoms with Gasteiger partial charge >= 0.3 is 0 Å². The zero-order valence-corrected chi connectivity index (χ0v) is 9.64. The molecule has 1 aromatic carbocycles. The Hall–Kier alpha value is -1.12. The molecular weight excluding hydrogens is 200 g/mol. The molecule has 1 aromatic rings. The normalized spacial score (nSPS) is 12.3. The molecule has 2 heteroatoms. The molecule has 0 radical (unpaired) electrons. The van der Waals surface area contributed by atoms with Gasteiger partial charge in [0.15, 0.2) is 0 Å². The molecule has 0 spiro atoms. The number of ether oxygens (including phenoxy) is 1. The molecule has 0 bridgehead atoms. The zero-order valence-electron chi connectivity index (χ0n) is 9.64. The Morgan fingerprint density at radius 2 is 2.06 bits per heavy atom. The van der Waals surface area contributed by atoms with Gasteiger partial charge in [-0.15, -0.1) is 6.58 Å². The van der Waals surface area contributed by atoms with Crippen LogP contribution in [-0.2, 0) is 11.3 Å². The summed E-state index contributed by atoms with van der Waals surface area (Å²) < 4.78 is 5.51. The van der Waals surface area contributed by atoms with Crippen LogP contribution in [0.1, 0.15) is 24.8 Å². The predicted molar refractivity (Wildman–Crippen MR) is 66.2 cm³/mol. The zero-order chi connectivity index (χ0) is 11.6. The lowest BCUT2D eigenvalue weighted by Gasteiger charge is -2.08. The second kappa shape index (κ2) is 8.08. The monoisotopic (exact) mass is 220 g/mol. The van der Waals surface area contributed by atoms with Gasteiger partial charge in [0.25, 0.3) is 0 Å². The third-order valence-electron chi connectivity index (χ3n) is 2.38. The van der Waals surface area contributed by atoms with Crippen LogP contribution in [0, 0.1) is 0 Å². The summed E-state index contributed by atoms with van der Waals surface area (Å²) in [6.07, 6.45) is 3.81. The summed E-state index contributed by atoms with van der Waals surface area (Å²) in [4.78, 5) is 0. The van der Waals surface area contributed by atoms with Gasteiger partial charge in [-0.05, 0) is 24.8 Å². The van der Waals surface area contributed by atoms with Gasteiger partial charge in [0, 0.05) is 6.61 Å². The minimum Gasteiger partial charge on any atom is -0.393 e. The Morgan fingerprint density at radius 1 is 1.31 bits per heavy atom. The molecule has 0 aliphatic heterocycles. The largest absolute Gasteiger partial charge is 0.393 e. The van der Waals surface area contributed by atoms with Crippen LogP contribution >= 0.6 is 0 Å². The molecule has 0 heterocycles. The van der Waals surface area contributed by atoms with Gasteiger partial charge < -0.3 is 9.84 Å². The van der Waals surface area contributed by atoms with Gasteiger partial charge in [-0.25, -0.2) is 0 Å². The SMILES string of the molecule is C=CC[C@@H](O)CCCOCc1ccccc1. The molecular formula is C14H20O2. The molecule has 0 saturated heterocycles. The third-order valence-corrected chi connectivity index (χ3v) is 2.38. The average Bonchev–Trinajstić information content (AvgIpc) is 2.30. The van der Waals surface area contributed by atoms with E-state index in [-0.39, 0.29) is 6.10 Å². The Morgan fingerprint density at radius 3 is 2.75 bits per heavy atom. The first-order chi connectivity index (χ1) is 7.83. The minimum atomic E-state index is -0.266. The van der Waals surface area contributed by atoms with E-state index in [2.05, 4.69) is 6.58 Å². The third kappa shape index (κ3) is 5.69. The Bertz CT molecular complexity index is 282. The molecule has 0 saturated carbocycles. The van der Waals surface area contributed by atoms with Gasteiger partial charge in [0.05, 0.1) is 12.7 Å². The van der Waals surface area contributed by atoms with Crippen LogP contribution in [0.2, 0.25) is 0 Å². The first-order valence-corrected chi connectivity index (χ1v) is 5.73. The Balaban J connectivity index is 2.02. The lowest BCUT2D eigenvalue weighted by atomic mass is 10.1. The van der Waals surface area contributed by atoms with Gasteiger partial charge in [-0.1, -0.05) is 36.4 Å². The van der Waals surface area contributed by atoms with Crippen molar-refractivity contribution in [2.24, 2.45) is 0 Å². The van der Waals surface area contributed by atoms with Crippen molar-refractivity contribution in [3.63, 3.8) is 0 Å². The summed E-state index contributed by atoms with van der Waals surface area (Å²) >= 11 is 0. The fourth-order valence-electron chi connectivity index (χ4n) is 1.50. The summed E-state index contributed by atoms with van der Waals surface area (Å²) in [6, 6.07) is 10.1. The Kier molecular flexibility index (Phi) is 6.54. The fraction of sp³-hybridized carbons (Fsp3) is 0.429. The van der Waals surface area contributed by atoms with Crippen LogP contribution in [0.4, 0.5) is 0 Å². The van der Waals surface area contributed by atoms with E-state index in [0.717, 1.165) is 12.8 Å². The second-order valence-corrected chi connectivity index (χ2v) is 3.86. The van der Waals surface area contributed by atoms with E-state index >= 15 is 0 Å². The standard InChI is InChI=1S/C14H20O2/c1-2-7-14(15)10-6-11-16-12-13-8-4-3-5-9-13/h2-5,8-9,14-15H,1,6-7,10-12H2/t14-/m1/s1. The average molecular weight is 220 g/mol. The molecule has 0 amide bonds. The summed E-state index contributed by atoms with van der Waals surface area (Å²) in [5.41, 5.74) is 1.19. The molecule has 0 aliphatic rings. The van der Waals surface area contributed by atoms with Gasteiger partial charge in [-0.3, -0.25) is 0 Å².